The lowest BCUT2D eigenvalue weighted by molar-refractivity contribution is -0.189. The summed E-state index contributed by atoms with van der Waals surface area (Å²) in [5, 5.41) is 0. The first-order valence-corrected chi connectivity index (χ1v) is 5.58. The summed E-state index contributed by atoms with van der Waals surface area (Å²) in [6.45, 7) is 0. The van der Waals surface area contributed by atoms with Gasteiger partial charge in [0.15, 0.2) is 17.5 Å². The summed E-state index contributed by atoms with van der Waals surface area (Å²) in [6.07, 6.45) is -4.61. The van der Waals surface area contributed by atoms with E-state index >= 15 is 0 Å². The van der Waals surface area contributed by atoms with Crippen molar-refractivity contribution in [1.29, 1.82) is 0 Å². The fraction of sp³-hybridized carbons (Fsp3) is 0.0769. The van der Waals surface area contributed by atoms with E-state index in [9.17, 15) is 30.7 Å². The molecule has 2 rings (SSSR count). The van der Waals surface area contributed by atoms with Gasteiger partial charge in [-0.05, 0) is 0 Å². The largest absolute Gasteiger partial charge is 0.580 e. The van der Waals surface area contributed by atoms with Gasteiger partial charge in [0, 0.05) is 12.1 Å². The molecule has 115 valence electrons. The maximum atomic E-state index is 13.8. The predicted molar refractivity (Wildman–Crippen MR) is 62.6 cm³/mol. The van der Waals surface area contributed by atoms with Crippen molar-refractivity contribution in [2.45, 2.75) is 6.11 Å². The van der Waals surface area contributed by atoms with Gasteiger partial charge in [0.2, 0.25) is 0 Å². The zero-order valence-electron chi connectivity index (χ0n) is 10.4. The summed E-state index contributed by atoms with van der Waals surface area (Å²) in [5.74, 6) is -10.1. The van der Waals surface area contributed by atoms with E-state index in [2.05, 4.69) is 4.74 Å². The summed E-state index contributed by atoms with van der Waals surface area (Å²) < 4.78 is 96.9. The molecule has 0 aliphatic heterocycles. The van der Waals surface area contributed by atoms with E-state index in [1.807, 2.05) is 0 Å². The summed E-state index contributed by atoms with van der Waals surface area (Å²) in [7, 11) is 5.07. The van der Waals surface area contributed by atoms with Crippen LogP contribution in [0.25, 0.3) is 0 Å². The Morgan fingerprint density at radius 1 is 0.773 bits per heavy atom. The smallest absolute Gasteiger partial charge is 0.432 e. The van der Waals surface area contributed by atoms with E-state index in [1.54, 1.807) is 0 Å². The molecule has 0 saturated carbocycles. The summed E-state index contributed by atoms with van der Waals surface area (Å²) >= 11 is 0. The van der Waals surface area contributed by atoms with E-state index in [0.29, 0.717) is 12.1 Å². The first-order valence-electron chi connectivity index (χ1n) is 5.58. The molecule has 22 heavy (non-hydrogen) atoms. The standard InChI is InChI=1S/C13H4BF7O/c14-5-1-7(15)11(8(16)2-5)13(20,21)22-6-3-9(17)12(19)10(18)4-6/h1-4H/q-1. The second kappa shape index (κ2) is 5.55. The van der Waals surface area contributed by atoms with Crippen LogP contribution in [0, 0.1) is 29.1 Å². The van der Waals surface area contributed by atoms with Gasteiger partial charge >= 0.3 is 6.11 Å². The molecule has 0 amide bonds. The number of ether oxygens (including phenoxy) is 1. The lowest BCUT2D eigenvalue weighted by Crippen LogP contribution is -2.26. The highest BCUT2D eigenvalue weighted by atomic mass is 19.3. The normalized spacial score (nSPS) is 11.6. The van der Waals surface area contributed by atoms with Crippen molar-refractivity contribution in [3.05, 3.63) is 58.9 Å². The van der Waals surface area contributed by atoms with E-state index in [-0.39, 0.29) is 12.1 Å². The van der Waals surface area contributed by atoms with Gasteiger partial charge in [0.05, 0.1) is 0 Å². The number of alkyl halides is 2. The maximum Gasteiger partial charge on any atom is 0.432 e. The molecule has 0 aromatic heterocycles. The van der Waals surface area contributed by atoms with Crippen molar-refractivity contribution in [3.8, 4) is 5.75 Å². The van der Waals surface area contributed by atoms with Gasteiger partial charge in [-0.15, -0.1) is 0 Å². The Morgan fingerprint density at radius 3 is 1.68 bits per heavy atom. The molecule has 0 heterocycles. The van der Waals surface area contributed by atoms with Crippen LogP contribution >= 0.6 is 0 Å². The predicted octanol–water partition coefficient (Wildman–Crippen LogP) is 3.30. The van der Waals surface area contributed by atoms with Crippen LogP contribution in [0.5, 0.6) is 5.75 Å². The van der Waals surface area contributed by atoms with Gasteiger partial charge in [-0.2, -0.15) is 8.78 Å². The molecule has 0 unspecified atom stereocenters. The first kappa shape index (κ1) is 16.2. The zero-order chi connectivity index (χ0) is 16.7. The van der Waals surface area contributed by atoms with Gasteiger partial charge in [-0.3, -0.25) is 0 Å². The Balaban J connectivity index is 2.44. The topological polar surface area (TPSA) is 9.23 Å². The minimum Gasteiger partial charge on any atom is -0.580 e. The van der Waals surface area contributed by atoms with E-state index in [0.717, 1.165) is 0 Å². The number of benzene rings is 2. The van der Waals surface area contributed by atoms with E-state index in [1.165, 1.54) is 0 Å². The van der Waals surface area contributed by atoms with Gasteiger partial charge in [-0.25, -0.2) is 22.0 Å². The Bertz CT molecular complexity index is 686. The summed E-state index contributed by atoms with van der Waals surface area (Å²) in [4.78, 5) is 0. The number of hydrogen-bond acceptors (Lipinski definition) is 1. The van der Waals surface area contributed by atoms with Crippen molar-refractivity contribution in [3.63, 3.8) is 0 Å². The van der Waals surface area contributed by atoms with Gasteiger partial charge in [0.1, 0.15) is 22.9 Å². The van der Waals surface area contributed by atoms with Gasteiger partial charge in [-0.1, -0.05) is 12.1 Å². The van der Waals surface area contributed by atoms with Crippen LogP contribution < -0.4 is 10.2 Å². The third-order valence-electron chi connectivity index (χ3n) is 2.56. The maximum absolute atomic E-state index is 13.8. The van der Waals surface area contributed by atoms with Crippen LogP contribution in [0.2, 0.25) is 0 Å². The highest BCUT2D eigenvalue weighted by Gasteiger charge is 2.41. The summed E-state index contributed by atoms with van der Waals surface area (Å²) in [6, 6.07) is 1.06. The summed E-state index contributed by atoms with van der Waals surface area (Å²) in [5.41, 5.74) is -2.25. The average Bonchev–Trinajstić information content (AvgIpc) is 2.33. The van der Waals surface area contributed by atoms with Crippen molar-refractivity contribution >= 4 is 13.3 Å². The van der Waals surface area contributed by atoms with E-state index < -0.39 is 52.0 Å². The number of hydrogen-bond donors (Lipinski definition) is 0. The van der Waals surface area contributed by atoms with Gasteiger partial charge < -0.3 is 18.0 Å². The first-order chi connectivity index (χ1) is 10.1. The molecule has 0 aliphatic carbocycles. The highest BCUT2D eigenvalue weighted by Crippen LogP contribution is 2.35. The molecule has 0 fully saturated rings. The Labute approximate surface area is 120 Å². The third-order valence-corrected chi connectivity index (χ3v) is 2.56. The molecule has 2 aromatic rings. The quantitative estimate of drug-likeness (QED) is 0.479. The van der Waals surface area contributed by atoms with Crippen molar-refractivity contribution in [2.24, 2.45) is 0 Å². The van der Waals surface area contributed by atoms with Crippen LogP contribution in [0.1, 0.15) is 5.56 Å². The van der Waals surface area contributed by atoms with Crippen molar-refractivity contribution in [1.82, 2.24) is 0 Å². The Morgan fingerprint density at radius 2 is 1.23 bits per heavy atom. The SMILES string of the molecule is [B-]c1cc(F)c(C(F)(F)Oc2cc(F)c(F)c(F)c2)c(F)c1. The molecule has 2 aromatic carbocycles. The van der Waals surface area contributed by atoms with E-state index in [4.69, 9.17) is 7.85 Å². The van der Waals surface area contributed by atoms with Crippen LogP contribution in [-0.4, -0.2) is 7.85 Å². The molecular formula is C13H4BF7O-. The van der Waals surface area contributed by atoms with Crippen molar-refractivity contribution in [2.75, 3.05) is 0 Å². The second-order valence-corrected chi connectivity index (χ2v) is 4.18. The zero-order valence-corrected chi connectivity index (χ0v) is 10.4. The molecule has 0 saturated heterocycles. The molecular weight excluding hydrogens is 316 g/mol. The molecule has 3 radical (unpaired) electrons. The van der Waals surface area contributed by atoms with Crippen LogP contribution in [0.15, 0.2) is 24.3 Å². The minimum absolute atomic E-state index is 0.111. The monoisotopic (exact) mass is 320 g/mol. The average molecular weight is 320 g/mol. The number of halogens is 7. The molecule has 0 N–H and O–H groups in total. The fourth-order valence-electron chi connectivity index (χ4n) is 1.66. The Kier molecular flexibility index (Phi) is 4.08. The van der Waals surface area contributed by atoms with Crippen LogP contribution in [-0.2, 0) is 6.11 Å². The lowest BCUT2D eigenvalue weighted by atomic mass is 9.94. The Hall–Kier alpha value is -2.19. The minimum atomic E-state index is -4.61. The fourth-order valence-corrected chi connectivity index (χ4v) is 1.66. The van der Waals surface area contributed by atoms with Crippen LogP contribution in [0.4, 0.5) is 30.7 Å². The molecule has 0 bridgehead atoms. The highest BCUT2D eigenvalue weighted by molar-refractivity contribution is 6.32. The lowest BCUT2D eigenvalue weighted by Gasteiger charge is -2.21. The molecule has 9 heteroatoms. The third kappa shape index (κ3) is 3.02. The molecule has 0 atom stereocenters. The number of rotatable bonds is 3. The second-order valence-electron chi connectivity index (χ2n) is 4.18. The van der Waals surface area contributed by atoms with Gasteiger partial charge in [0.25, 0.3) is 0 Å². The molecule has 0 aliphatic rings. The van der Waals surface area contributed by atoms with Crippen LogP contribution in [0.3, 0.4) is 0 Å². The molecule has 1 nitrogen and oxygen atoms in total. The van der Waals surface area contributed by atoms with Crippen molar-refractivity contribution < 1.29 is 35.5 Å². The molecule has 0 spiro atoms.